The molecule has 0 aliphatic carbocycles. The molecule has 2 heterocycles. The lowest BCUT2D eigenvalue weighted by Gasteiger charge is -2.28. The lowest BCUT2D eigenvalue weighted by atomic mass is 10.1. The number of nitrogens with zero attached hydrogens (tertiary/aromatic N) is 2. The van der Waals surface area contributed by atoms with E-state index in [-0.39, 0.29) is 5.84 Å². The van der Waals surface area contributed by atoms with Crippen LogP contribution in [0.2, 0.25) is 0 Å². The second-order valence-electron chi connectivity index (χ2n) is 4.56. The number of hydrogen-bond acceptors (Lipinski definition) is 4. The molecule has 1 saturated heterocycles. The van der Waals surface area contributed by atoms with Crippen molar-refractivity contribution in [2.24, 2.45) is 5.73 Å². The number of para-hydroxylation sites is 1. The summed E-state index contributed by atoms with van der Waals surface area (Å²) in [7, 11) is 0. The molecule has 5 heteroatoms. The summed E-state index contributed by atoms with van der Waals surface area (Å²) in [6, 6.07) is 9.68. The molecule has 1 aliphatic rings. The number of nitrogens with one attached hydrogen (secondary N) is 1. The Balaban J connectivity index is 2.12. The molecule has 1 aliphatic heterocycles. The van der Waals surface area contributed by atoms with Gasteiger partial charge in [-0.3, -0.25) is 5.41 Å². The Hall–Kier alpha value is -2.14. The van der Waals surface area contributed by atoms with Crippen LogP contribution in [-0.4, -0.2) is 37.1 Å². The lowest BCUT2D eigenvalue weighted by molar-refractivity contribution is 0.122. The summed E-state index contributed by atoms with van der Waals surface area (Å²) in [5.41, 5.74) is 7.31. The molecule has 5 nitrogen and oxygen atoms in total. The Bertz CT molecular complexity index is 620. The predicted octanol–water partition coefficient (Wildman–Crippen LogP) is 1.36. The molecule has 0 unspecified atom stereocenters. The van der Waals surface area contributed by atoms with Crippen molar-refractivity contribution in [3.63, 3.8) is 0 Å². The number of amidine groups is 1. The third-order valence-corrected chi connectivity index (χ3v) is 3.33. The number of benzene rings is 1. The van der Waals surface area contributed by atoms with Crippen LogP contribution in [0, 0.1) is 5.41 Å². The van der Waals surface area contributed by atoms with Crippen molar-refractivity contribution >= 4 is 22.6 Å². The number of anilines is 1. The average Bonchev–Trinajstić information content (AvgIpc) is 2.47. The van der Waals surface area contributed by atoms with Crippen molar-refractivity contribution in [1.29, 1.82) is 5.41 Å². The molecule has 0 saturated carbocycles. The van der Waals surface area contributed by atoms with E-state index in [2.05, 4.69) is 9.88 Å². The van der Waals surface area contributed by atoms with E-state index in [1.54, 1.807) is 0 Å². The maximum Gasteiger partial charge on any atom is 0.130 e. The van der Waals surface area contributed by atoms with Crippen LogP contribution < -0.4 is 10.6 Å². The Labute approximate surface area is 111 Å². The molecule has 98 valence electrons. The number of nitrogen functional groups attached to an aromatic ring is 1. The first-order valence-corrected chi connectivity index (χ1v) is 6.32. The maximum absolute atomic E-state index is 7.73. The number of pyridine rings is 1. The van der Waals surface area contributed by atoms with Gasteiger partial charge < -0.3 is 15.4 Å². The van der Waals surface area contributed by atoms with Gasteiger partial charge in [0.2, 0.25) is 0 Å². The van der Waals surface area contributed by atoms with Gasteiger partial charge in [0.1, 0.15) is 11.7 Å². The minimum Gasteiger partial charge on any atom is -0.384 e. The average molecular weight is 256 g/mol. The highest BCUT2D eigenvalue weighted by Crippen LogP contribution is 2.23. The first-order chi connectivity index (χ1) is 9.25. The van der Waals surface area contributed by atoms with Crippen LogP contribution in [0.5, 0.6) is 0 Å². The van der Waals surface area contributed by atoms with Gasteiger partial charge >= 0.3 is 0 Å². The van der Waals surface area contributed by atoms with Gasteiger partial charge in [0.05, 0.1) is 18.7 Å². The lowest BCUT2D eigenvalue weighted by Crippen LogP contribution is -2.37. The van der Waals surface area contributed by atoms with Crippen LogP contribution in [0.4, 0.5) is 5.82 Å². The molecule has 3 N–H and O–H groups in total. The van der Waals surface area contributed by atoms with Gasteiger partial charge in [0.25, 0.3) is 0 Å². The Morgan fingerprint density at radius 1 is 1.26 bits per heavy atom. The van der Waals surface area contributed by atoms with E-state index >= 15 is 0 Å². The number of morpholine rings is 1. The van der Waals surface area contributed by atoms with Gasteiger partial charge in [0, 0.05) is 24.0 Å². The SMILES string of the molecule is N=C(N)c1cc(N2CCOCC2)nc2ccccc12. The highest BCUT2D eigenvalue weighted by atomic mass is 16.5. The Morgan fingerprint density at radius 3 is 2.74 bits per heavy atom. The van der Waals surface area contributed by atoms with Crippen molar-refractivity contribution in [3.05, 3.63) is 35.9 Å². The highest BCUT2D eigenvalue weighted by Gasteiger charge is 2.15. The van der Waals surface area contributed by atoms with E-state index in [0.29, 0.717) is 13.2 Å². The number of fused-ring (bicyclic) bond motifs is 1. The van der Waals surface area contributed by atoms with E-state index in [9.17, 15) is 0 Å². The van der Waals surface area contributed by atoms with Crippen LogP contribution in [0.25, 0.3) is 10.9 Å². The van der Waals surface area contributed by atoms with Gasteiger partial charge in [-0.2, -0.15) is 0 Å². The van der Waals surface area contributed by atoms with E-state index in [0.717, 1.165) is 35.4 Å². The van der Waals surface area contributed by atoms with Crippen LogP contribution in [0.15, 0.2) is 30.3 Å². The minimum absolute atomic E-state index is 0.0770. The quantitative estimate of drug-likeness (QED) is 0.628. The summed E-state index contributed by atoms with van der Waals surface area (Å²) in [5.74, 6) is 0.945. The molecule has 0 bridgehead atoms. The van der Waals surface area contributed by atoms with E-state index < -0.39 is 0 Å². The Morgan fingerprint density at radius 2 is 2.00 bits per heavy atom. The molecule has 0 amide bonds. The summed E-state index contributed by atoms with van der Waals surface area (Å²) in [4.78, 5) is 6.83. The van der Waals surface area contributed by atoms with Crippen molar-refractivity contribution in [2.75, 3.05) is 31.2 Å². The second-order valence-corrected chi connectivity index (χ2v) is 4.56. The molecule has 2 aromatic rings. The molecule has 1 aromatic carbocycles. The van der Waals surface area contributed by atoms with Crippen molar-refractivity contribution in [1.82, 2.24) is 4.98 Å². The highest BCUT2D eigenvalue weighted by molar-refractivity contribution is 6.07. The Kier molecular flexibility index (Phi) is 3.05. The molecule has 0 atom stereocenters. The summed E-state index contributed by atoms with van der Waals surface area (Å²) >= 11 is 0. The molecule has 0 spiro atoms. The summed E-state index contributed by atoms with van der Waals surface area (Å²) in [5, 5.41) is 8.66. The number of nitrogens with two attached hydrogens (primary N) is 1. The van der Waals surface area contributed by atoms with E-state index in [4.69, 9.17) is 15.9 Å². The molecule has 1 fully saturated rings. The third-order valence-electron chi connectivity index (χ3n) is 3.33. The molecule has 1 aromatic heterocycles. The van der Waals surface area contributed by atoms with E-state index in [1.807, 2.05) is 30.3 Å². The van der Waals surface area contributed by atoms with Gasteiger partial charge in [-0.05, 0) is 12.1 Å². The normalized spacial score (nSPS) is 15.7. The van der Waals surface area contributed by atoms with Crippen LogP contribution in [0.3, 0.4) is 0 Å². The molecular formula is C14H16N4O. The van der Waals surface area contributed by atoms with Crippen molar-refractivity contribution < 1.29 is 4.74 Å². The van der Waals surface area contributed by atoms with Gasteiger partial charge in [-0.1, -0.05) is 18.2 Å². The molecule has 3 rings (SSSR count). The number of hydrogen-bond donors (Lipinski definition) is 2. The zero-order valence-electron chi connectivity index (χ0n) is 10.6. The fourth-order valence-corrected chi connectivity index (χ4v) is 2.34. The first kappa shape index (κ1) is 11.9. The summed E-state index contributed by atoms with van der Waals surface area (Å²) in [6.07, 6.45) is 0. The summed E-state index contributed by atoms with van der Waals surface area (Å²) < 4.78 is 5.35. The molecule has 19 heavy (non-hydrogen) atoms. The van der Waals surface area contributed by atoms with Crippen molar-refractivity contribution in [3.8, 4) is 0 Å². The van der Waals surface area contributed by atoms with Crippen LogP contribution >= 0.6 is 0 Å². The van der Waals surface area contributed by atoms with E-state index in [1.165, 1.54) is 0 Å². The number of aromatic nitrogens is 1. The largest absolute Gasteiger partial charge is 0.384 e. The first-order valence-electron chi connectivity index (χ1n) is 6.32. The molecular weight excluding hydrogens is 240 g/mol. The minimum atomic E-state index is 0.0770. The smallest absolute Gasteiger partial charge is 0.130 e. The zero-order chi connectivity index (χ0) is 13.2. The van der Waals surface area contributed by atoms with Gasteiger partial charge in [-0.15, -0.1) is 0 Å². The topological polar surface area (TPSA) is 75.2 Å². The van der Waals surface area contributed by atoms with Crippen LogP contribution in [0.1, 0.15) is 5.56 Å². The summed E-state index contributed by atoms with van der Waals surface area (Å²) in [6.45, 7) is 3.07. The monoisotopic (exact) mass is 256 g/mol. The van der Waals surface area contributed by atoms with Crippen molar-refractivity contribution in [2.45, 2.75) is 0 Å². The second kappa shape index (κ2) is 4.85. The fraction of sp³-hybridized carbons (Fsp3) is 0.286. The zero-order valence-corrected chi connectivity index (χ0v) is 10.6. The van der Waals surface area contributed by atoms with Gasteiger partial charge in [-0.25, -0.2) is 4.98 Å². The third kappa shape index (κ3) is 2.24. The number of rotatable bonds is 2. The standard InChI is InChI=1S/C14H16N4O/c15-14(16)11-9-13(18-5-7-19-8-6-18)17-12-4-2-1-3-10(11)12/h1-4,9H,5-8H2,(H3,15,16). The number of ether oxygens (including phenoxy) is 1. The fourth-order valence-electron chi connectivity index (χ4n) is 2.34. The maximum atomic E-state index is 7.73. The predicted molar refractivity (Wildman–Crippen MR) is 75.8 cm³/mol. The molecule has 0 radical (unpaired) electrons. The van der Waals surface area contributed by atoms with Crippen LogP contribution in [-0.2, 0) is 4.74 Å². The van der Waals surface area contributed by atoms with Gasteiger partial charge in [0.15, 0.2) is 0 Å².